The summed E-state index contributed by atoms with van der Waals surface area (Å²) < 4.78 is 0. The molecule has 0 saturated carbocycles. The van der Waals surface area contributed by atoms with Gasteiger partial charge in [0.05, 0.1) is 6.42 Å². The second kappa shape index (κ2) is 2.66. The van der Waals surface area contributed by atoms with Gasteiger partial charge in [-0.3, -0.25) is 9.59 Å². The molecular weight excluding hydrogens is 138 g/mol. The van der Waals surface area contributed by atoms with Crippen LogP contribution in [0.3, 0.4) is 0 Å². The van der Waals surface area contributed by atoms with Crippen molar-refractivity contribution in [3.05, 3.63) is 0 Å². The Morgan fingerprint density at radius 1 is 1.50 bits per heavy atom. The van der Waals surface area contributed by atoms with Crippen molar-refractivity contribution in [2.45, 2.75) is 18.9 Å². The lowest BCUT2D eigenvalue weighted by molar-refractivity contribution is -0.149. The summed E-state index contributed by atoms with van der Waals surface area (Å²) in [6, 6.07) is 0. The van der Waals surface area contributed by atoms with Crippen molar-refractivity contribution in [3.63, 3.8) is 0 Å². The molecule has 0 amide bonds. The van der Waals surface area contributed by atoms with Crippen LogP contribution in [0, 0.1) is 0 Å². The van der Waals surface area contributed by atoms with E-state index >= 15 is 0 Å². The molecular formula is C5H9NO4. The Balaban J connectivity index is 4.13. The van der Waals surface area contributed by atoms with Crippen LogP contribution in [0.25, 0.3) is 0 Å². The van der Waals surface area contributed by atoms with E-state index in [1.54, 1.807) is 0 Å². The highest BCUT2D eigenvalue weighted by Crippen LogP contribution is 2.04. The Bertz CT molecular complexity index is 163. The summed E-state index contributed by atoms with van der Waals surface area (Å²) in [5.41, 5.74) is 3.42. The molecule has 58 valence electrons. The van der Waals surface area contributed by atoms with Gasteiger partial charge in [0.15, 0.2) is 0 Å². The maximum atomic E-state index is 10.2. The molecule has 0 aliphatic carbocycles. The molecule has 10 heavy (non-hydrogen) atoms. The number of hydrogen-bond donors (Lipinski definition) is 3. The lowest BCUT2D eigenvalue weighted by Crippen LogP contribution is -2.46. The van der Waals surface area contributed by atoms with Gasteiger partial charge in [-0.15, -0.1) is 0 Å². The Morgan fingerprint density at radius 3 is 2.00 bits per heavy atom. The number of carboxylic acid groups (broad SMARTS) is 2. The van der Waals surface area contributed by atoms with E-state index in [1.165, 1.54) is 0 Å². The zero-order valence-electron chi connectivity index (χ0n) is 5.50. The second-order valence-corrected chi connectivity index (χ2v) is 2.29. The first kappa shape index (κ1) is 8.90. The molecule has 0 aromatic carbocycles. The van der Waals surface area contributed by atoms with Crippen molar-refractivity contribution in [1.29, 1.82) is 0 Å². The van der Waals surface area contributed by atoms with Gasteiger partial charge in [0.2, 0.25) is 0 Å². The first-order valence-electron chi connectivity index (χ1n) is 2.60. The van der Waals surface area contributed by atoms with Crippen LogP contribution in [0.2, 0.25) is 0 Å². The molecule has 0 aliphatic rings. The molecule has 0 fully saturated rings. The highest BCUT2D eigenvalue weighted by Gasteiger charge is 2.30. The standard InChI is InChI=1S/C5H9NO4/c1-5(6,4(9)10)2-3(7)8/h2,6H2,1H3,(H,7,8)(H,9,10)/t5-/m1/s1. The van der Waals surface area contributed by atoms with Crippen molar-refractivity contribution in [2.24, 2.45) is 5.73 Å². The third-order valence-corrected chi connectivity index (χ3v) is 1.01. The van der Waals surface area contributed by atoms with E-state index in [4.69, 9.17) is 15.9 Å². The van der Waals surface area contributed by atoms with Gasteiger partial charge in [-0.25, -0.2) is 0 Å². The summed E-state index contributed by atoms with van der Waals surface area (Å²) >= 11 is 0. The number of hydrogen-bond acceptors (Lipinski definition) is 3. The van der Waals surface area contributed by atoms with Crippen molar-refractivity contribution in [1.82, 2.24) is 0 Å². The molecule has 0 aromatic rings. The predicted octanol–water partition coefficient (Wildman–Crippen LogP) is -0.737. The molecule has 0 aromatic heterocycles. The number of carbonyl (C=O) groups is 2. The number of carboxylic acids is 2. The van der Waals surface area contributed by atoms with Crippen molar-refractivity contribution in [3.8, 4) is 0 Å². The van der Waals surface area contributed by atoms with Gasteiger partial charge in [-0.05, 0) is 6.92 Å². The Morgan fingerprint density at radius 2 is 1.90 bits per heavy atom. The Labute approximate surface area is 57.5 Å². The minimum atomic E-state index is -1.66. The highest BCUT2D eigenvalue weighted by atomic mass is 16.4. The van der Waals surface area contributed by atoms with E-state index in [9.17, 15) is 9.59 Å². The molecule has 0 spiro atoms. The highest BCUT2D eigenvalue weighted by molar-refractivity contribution is 5.84. The smallest absolute Gasteiger partial charge is 0.323 e. The summed E-state index contributed by atoms with van der Waals surface area (Å²) in [5.74, 6) is -2.53. The zero-order chi connectivity index (χ0) is 8.36. The Kier molecular flexibility index (Phi) is 2.36. The third kappa shape index (κ3) is 2.45. The van der Waals surface area contributed by atoms with Crippen LogP contribution in [0.4, 0.5) is 0 Å². The minimum absolute atomic E-state index is 0.567. The second-order valence-electron chi connectivity index (χ2n) is 2.29. The summed E-state index contributed by atoms with van der Waals surface area (Å²) in [4.78, 5) is 20.1. The van der Waals surface area contributed by atoms with Crippen LogP contribution < -0.4 is 5.73 Å². The number of nitrogens with two attached hydrogens (primary N) is 1. The first-order chi connectivity index (χ1) is 4.36. The average Bonchev–Trinajstić information content (AvgIpc) is 1.60. The van der Waals surface area contributed by atoms with Crippen LogP contribution in [0.5, 0.6) is 0 Å². The summed E-state index contributed by atoms with van der Waals surface area (Å²) in [5, 5.41) is 16.5. The number of rotatable bonds is 3. The third-order valence-electron chi connectivity index (χ3n) is 1.01. The van der Waals surface area contributed by atoms with Gasteiger partial charge in [0.1, 0.15) is 5.54 Å². The van der Waals surface area contributed by atoms with E-state index in [0.717, 1.165) is 6.92 Å². The molecule has 5 nitrogen and oxygen atoms in total. The monoisotopic (exact) mass is 147 g/mol. The number of aliphatic carboxylic acids is 2. The summed E-state index contributed by atoms with van der Waals surface area (Å²) in [6.45, 7) is 1.16. The fraction of sp³-hybridized carbons (Fsp3) is 0.600. The van der Waals surface area contributed by atoms with Crippen LogP contribution in [-0.4, -0.2) is 27.7 Å². The zero-order valence-corrected chi connectivity index (χ0v) is 5.50. The quantitative estimate of drug-likeness (QED) is 0.488. The fourth-order valence-electron chi connectivity index (χ4n) is 0.390. The molecule has 0 heterocycles. The van der Waals surface area contributed by atoms with Gasteiger partial charge in [0.25, 0.3) is 0 Å². The van der Waals surface area contributed by atoms with E-state index < -0.39 is 23.9 Å². The molecule has 0 radical (unpaired) electrons. The minimum Gasteiger partial charge on any atom is -0.481 e. The first-order valence-corrected chi connectivity index (χ1v) is 2.60. The predicted molar refractivity (Wildman–Crippen MR) is 32.5 cm³/mol. The topological polar surface area (TPSA) is 101 Å². The molecule has 1 atom stereocenters. The van der Waals surface area contributed by atoms with E-state index in [1.807, 2.05) is 0 Å². The van der Waals surface area contributed by atoms with Crippen molar-refractivity contribution >= 4 is 11.9 Å². The van der Waals surface area contributed by atoms with Crippen LogP contribution in [-0.2, 0) is 9.59 Å². The SMILES string of the molecule is C[C@@](N)(CC(=O)O)C(=O)O. The van der Waals surface area contributed by atoms with Gasteiger partial charge < -0.3 is 15.9 Å². The molecule has 0 aliphatic heterocycles. The van der Waals surface area contributed by atoms with Crippen LogP contribution >= 0.6 is 0 Å². The molecule has 0 unspecified atom stereocenters. The largest absolute Gasteiger partial charge is 0.481 e. The molecule has 0 bridgehead atoms. The average molecular weight is 147 g/mol. The lowest BCUT2D eigenvalue weighted by Gasteiger charge is -2.15. The normalized spacial score (nSPS) is 15.8. The molecule has 4 N–H and O–H groups in total. The molecule has 0 rings (SSSR count). The van der Waals surface area contributed by atoms with Crippen molar-refractivity contribution in [2.75, 3.05) is 0 Å². The van der Waals surface area contributed by atoms with E-state index in [0.29, 0.717) is 0 Å². The Hall–Kier alpha value is -1.10. The lowest BCUT2D eigenvalue weighted by atomic mass is 10.0. The van der Waals surface area contributed by atoms with Gasteiger partial charge in [0, 0.05) is 0 Å². The van der Waals surface area contributed by atoms with Crippen LogP contribution in [0.1, 0.15) is 13.3 Å². The molecule has 0 saturated heterocycles. The fourth-order valence-corrected chi connectivity index (χ4v) is 0.390. The maximum absolute atomic E-state index is 10.2. The maximum Gasteiger partial charge on any atom is 0.323 e. The van der Waals surface area contributed by atoms with Gasteiger partial charge in [-0.1, -0.05) is 0 Å². The van der Waals surface area contributed by atoms with Crippen molar-refractivity contribution < 1.29 is 19.8 Å². The molecule has 5 heteroatoms. The van der Waals surface area contributed by atoms with E-state index in [2.05, 4.69) is 0 Å². The van der Waals surface area contributed by atoms with E-state index in [-0.39, 0.29) is 0 Å². The van der Waals surface area contributed by atoms with Crippen LogP contribution in [0.15, 0.2) is 0 Å². The van der Waals surface area contributed by atoms with Gasteiger partial charge >= 0.3 is 11.9 Å². The summed E-state index contributed by atoms with van der Waals surface area (Å²) in [6.07, 6.45) is -0.567. The van der Waals surface area contributed by atoms with Gasteiger partial charge in [-0.2, -0.15) is 0 Å². The summed E-state index contributed by atoms with van der Waals surface area (Å²) in [7, 11) is 0.